The van der Waals surface area contributed by atoms with Gasteiger partial charge in [0.05, 0.1) is 0 Å². The van der Waals surface area contributed by atoms with Crippen LogP contribution in [0.4, 0.5) is 0 Å². The van der Waals surface area contributed by atoms with Crippen LogP contribution in [0, 0.1) is 5.92 Å². The Morgan fingerprint density at radius 3 is 2.40 bits per heavy atom. The third kappa shape index (κ3) is 3.81. The molecule has 0 bridgehead atoms. The molecule has 4 heteroatoms. The lowest BCUT2D eigenvalue weighted by atomic mass is 9.94. The van der Waals surface area contributed by atoms with E-state index in [1.165, 1.54) is 0 Å². The van der Waals surface area contributed by atoms with Gasteiger partial charge >= 0.3 is 5.97 Å². The summed E-state index contributed by atoms with van der Waals surface area (Å²) in [4.78, 5) is 15.9. The second-order valence-corrected chi connectivity index (χ2v) is 5.89. The number of hydrogen-bond donors (Lipinski definition) is 1. The first kappa shape index (κ1) is 15.0. The smallest absolute Gasteiger partial charge is 0.325 e. The average Bonchev–Trinajstić information content (AvgIpc) is 2.41. The highest BCUT2D eigenvalue weighted by atomic mass is 16.4. The molecule has 1 aromatic rings. The summed E-state index contributed by atoms with van der Waals surface area (Å²) in [6.45, 7) is 2.83. The van der Waals surface area contributed by atoms with Crippen molar-refractivity contribution in [3.63, 3.8) is 0 Å². The molecule has 1 heterocycles. The summed E-state index contributed by atoms with van der Waals surface area (Å²) in [7, 11) is 4.19. The summed E-state index contributed by atoms with van der Waals surface area (Å²) < 4.78 is 0. The Balaban J connectivity index is 2.01. The lowest BCUT2D eigenvalue weighted by Crippen LogP contribution is -2.41. The molecule has 1 fully saturated rings. The number of aliphatic carboxylic acids is 1. The number of nitrogens with zero attached hydrogens (tertiary/aromatic N) is 2. The van der Waals surface area contributed by atoms with Crippen molar-refractivity contribution in [2.75, 3.05) is 33.7 Å². The maximum absolute atomic E-state index is 11.6. The molecule has 1 aromatic carbocycles. The van der Waals surface area contributed by atoms with Crippen LogP contribution < -0.4 is 0 Å². The summed E-state index contributed by atoms with van der Waals surface area (Å²) in [5.41, 5.74) is 0.881. The number of carboxylic acid groups (broad SMARTS) is 1. The van der Waals surface area contributed by atoms with E-state index in [0.717, 1.165) is 38.0 Å². The van der Waals surface area contributed by atoms with Crippen molar-refractivity contribution in [3.8, 4) is 0 Å². The third-order valence-corrected chi connectivity index (χ3v) is 3.99. The van der Waals surface area contributed by atoms with Crippen molar-refractivity contribution in [1.29, 1.82) is 0 Å². The molecule has 1 aliphatic heterocycles. The van der Waals surface area contributed by atoms with Gasteiger partial charge in [-0.25, -0.2) is 0 Å². The molecule has 0 aliphatic carbocycles. The number of likely N-dealkylation sites (tertiary alicyclic amines) is 1. The lowest BCUT2D eigenvalue weighted by molar-refractivity contribution is -0.144. The highest BCUT2D eigenvalue weighted by molar-refractivity contribution is 5.75. The van der Waals surface area contributed by atoms with Gasteiger partial charge in [0, 0.05) is 6.54 Å². The van der Waals surface area contributed by atoms with Crippen LogP contribution in [0.5, 0.6) is 0 Å². The van der Waals surface area contributed by atoms with Crippen LogP contribution in [0.25, 0.3) is 0 Å². The van der Waals surface area contributed by atoms with Crippen LogP contribution in [-0.2, 0) is 4.79 Å². The van der Waals surface area contributed by atoms with Crippen molar-refractivity contribution in [2.24, 2.45) is 5.92 Å². The molecule has 0 saturated carbocycles. The van der Waals surface area contributed by atoms with Gasteiger partial charge in [0.15, 0.2) is 0 Å². The minimum absolute atomic E-state index is 0.503. The molecule has 1 aliphatic rings. The maximum atomic E-state index is 11.6. The van der Waals surface area contributed by atoms with Gasteiger partial charge in [-0.1, -0.05) is 30.3 Å². The van der Waals surface area contributed by atoms with Gasteiger partial charge in [-0.2, -0.15) is 0 Å². The van der Waals surface area contributed by atoms with Gasteiger partial charge in [0.1, 0.15) is 6.04 Å². The lowest BCUT2D eigenvalue weighted by Gasteiger charge is -2.36. The minimum atomic E-state index is -0.748. The Morgan fingerprint density at radius 2 is 1.90 bits per heavy atom. The van der Waals surface area contributed by atoms with E-state index in [1.54, 1.807) is 0 Å². The SMILES string of the molecule is CN(C)CC1CCN(C(C(=O)O)c2ccccc2)CC1. The fourth-order valence-electron chi connectivity index (χ4n) is 3.06. The summed E-state index contributed by atoms with van der Waals surface area (Å²) in [6, 6.07) is 9.05. The van der Waals surface area contributed by atoms with E-state index in [2.05, 4.69) is 23.9 Å². The van der Waals surface area contributed by atoms with E-state index in [0.29, 0.717) is 5.92 Å². The highest BCUT2D eigenvalue weighted by Gasteiger charge is 2.30. The van der Waals surface area contributed by atoms with E-state index in [9.17, 15) is 9.90 Å². The van der Waals surface area contributed by atoms with Crippen molar-refractivity contribution in [1.82, 2.24) is 9.80 Å². The second kappa shape index (κ2) is 6.86. The molecule has 0 aromatic heterocycles. The number of rotatable bonds is 5. The molecular weight excluding hydrogens is 252 g/mol. The van der Waals surface area contributed by atoms with Crippen molar-refractivity contribution >= 4 is 5.97 Å². The summed E-state index contributed by atoms with van der Waals surface area (Å²) >= 11 is 0. The predicted molar refractivity (Wildman–Crippen MR) is 79.7 cm³/mol. The zero-order chi connectivity index (χ0) is 14.5. The molecule has 0 radical (unpaired) electrons. The first-order chi connectivity index (χ1) is 9.58. The van der Waals surface area contributed by atoms with Gasteiger partial charge in [0.25, 0.3) is 0 Å². The number of carbonyl (C=O) groups is 1. The Hall–Kier alpha value is -1.39. The van der Waals surface area contributed by atoms with Crippen LogP contribution in [0.1, 0.15) is 24.4 Å². The molecular formula is C16H24N2O2. The molecule has 4 nitrogen and oxygen atoms in total. The fraction of sp³-hybridized carbons (Fsp3) is 0.562. The molecule has 0 amide bonds. The van der Waals surface area contributed by atoms with Crippen LogP contribution in [-0.4, -0.2) is 54.6 Å². The predicted octanol–water partition coefficient (Wildman–Crippen LogP) is 2.09. The molecule has 1 unspecified atom stereocenters. The Morgan fingerprint density at radius 1 is 1.30 bits per heavy atom. The zero-order valence-corrected chi connectivity index (χ0v) is 12.3. The second-order valence-electron chi connectivity index (χ2n) is 5.89. The maximum Gasteiger partial charge on any atom is 0.325 e. The molecule has 1 N–H and O–H groups in total. The minimum Gasteiger partial charge on any atom is -0.480 e. The quantitative estimate of drug-likeness (QED) is 0.894. The number of benzene rings is 1. The molecule has 110 valence electrons. The first-order valence-electron chi connectivity index (χ1n) is 7.24. The van der Waals surface area contributed by atoms with E-state index in [4.69, 9.17) is 0 Å². The highest BCUT2D eigenvalue weighted by Crippen LogP contribution is 2.27. The number of piperidine rings is 1. The first-order valence-corrected chi connectivity index (χ1v) is 7.24. The Labute approximate surface area is 121 Å². The third-order valence-electron chi connectivity index (χ3n) is 3.99. The summed E-state index contributed by atoms with van der Waals surface area (Å²) in [5.74, 6) is -0.0614. The largest absolute Gasteiger partial charge is 0.480 e. The summed E-state index contributed by atoms with van der Waals surface area (Å²) in [5, 5.41) is 9.54. The van der Waals surface area contributed by atoms with E-state index >= 15 is 0 Å². The van der Waals surface area contributed by atoms with Gasteiger partial charge in [0.2, 0.25) is 0 Å². The van der Waals surface area contributed by atoms with Gasteiger partial charge in [-0.3, -0.25) is 9.69 Å². The number of hydrogen-bond acceptors (Lipinski definition) is 3. The molecule has 20 heavy (non-hydrogen) atoms. The Kier molecular flexibility index (Phi) is 5.15. The fourth-order valence-corrected chi connectivity index (χ4v) is 3.06. The molecule has 0 spiro atoms. The van der Waals surface area contributed by atoms with Crippen molar-refractivity contribution in [2.45, 2.75) is 18.9 Å². The van der Waals surface area contributed by atoms with Crippen LogP contribution in [0.2, 0.25) is 0 Å². The van der Waals surface area contributed by atoms with Crippen LogP contribution >= 0.6 is 0 Å². The van der Waals surface area contributed by atoms with Crippen LogP contribution in [0.3, 0.4) is 0 Å². The van der Waals surface area contributed by atoms with Gasteiger partial charge in [-0.05, 0) is 51.5 Å². The number of carboxylic acids is 1. The van der Waals surface area contributed by atoms with Gasteiger partial charge in [-0.15, -0.1) is 0 Å². The molecule has 1 saturated heterocycles. The van der Waals surface area contributed by atoms with E-state index in [-0.39, 0.29) is 0 Å². The average molecular weight is 276 g/mol. The Bertz CT molecular complexity index is 425. The monoisotopic (exact) mass is 276 g/mol. The topological polar surface area (TPSA) is 43.8 Å². The van der Waals surface area contributed by atoms with E-state index < -0.39 is 12.0 Å². The normalized spacial score (nSPS) is 19.1. The standard InChI is InChI=1S/C16H24N2O2/c1-17(2)12-13-8-10-18(11-9-13)15(16(19)20)14-6-4-3-5-7-14/h3-7,13,15H,8-12H2,1-2H3,(H,19,20). The molecule has 2 rings (SSSR count). The van der Waals surface area contributed by atoms with Gasteiger partial charge < -0.3 is 10.0 Å². The van der Waals surface area contributed by atoms with E-state index in [1.807, 2.05) is 30.3 Å². The molecule has 1 atom stereocenters. The van der Waals surface area contributed by atoms with Crippen LogP contribution in [0.15, 0.2) is 30.3 Å². The summed E-state index contributed by atoms with van der Waals surface area (Å²) in [6.07, 6.45) is 2.16. The van der Waals surface area contributed by atoms with Crippen molar-refractivity contribution < 1.29 is 9.90 Å². The zero-order valence-electron chi connectivity index (χ0n) is 12.3. The van der Waals surface area contributed by atoms with Crippen molar-refractivity contribution in [3.05, 3.63) is 35.9 Å².